The van der Waals surface area contributed by atoms with Gasteiger partial charge in [0.05, 0.1) is 13.2 Å². The minimum absolute atomic E-state index is 0.0311. The highest BCUT2D eigenvalue weighted by Gasteiger charge is 2.38. The summed E-state index contributed by atoms with van der Waals surface area (Å²) in [7, 11) is 0. The second kappa shape index (κ2) is 9.90. The fourth-order valence-electron chi connectivity index (χ4n) is 4.94. The van der Waals surface area contributed by atoms with Gasteiger partial charge in [0.15, 0.2) is 0 Å². The Bertz CT molecular complexity index is 736. The maximum atomic E-state index is 12.9. The van der Waals surface area contributed by atoms with Crippen molar-refractivity contribution in [2.24, 2.45) is 0 Å². The monoisotopic (exact) mass is 415 g/mol. The molecule has 2 amide bonds. The van der Waals surface area contributed by atoms with Crippen molar-refractivity contribution < 1.29 is 19.1 Å². The first-order chi connectivity index (χ1) is 14.7. The number of hydrogen-bond donors (Lipinski definition) is 2. The van der Waals surface area contributed by atoms with Crippen molar-refractivity contribution in [3.05, 3.63) is 29.8 Å². The van der Waals surface area contributed by atoms with Gasteiger partial charge in [0.2, 0.25) is 0 Å². The van der Waals surface area contributed by atoms with Crippen LogP contribution in [0.3, 0.4) is 0 Å². The van der Waals surface area contributed by atoms with Crippen LogP contribution >= 0.6 is 0 Å². The zero-order chi connectivity index (χ0) is 20.8. The third kappa shape index (κ3) is 5.02. The van der Waals surface area contributed by atoms with E-state index in [2.05, 4.69) is 15.5 Å². The van der Waals surface area contributed by atoms with Crippen LogP contribution in [0.15, 0.2) is 24.3 Å². The van der Waals surface area contributed by atoms with Gasteiger partial charge in [0, 0.05) is 43.0 Å². The van der Waals surface area contributed by atoms with Gasteiger partial charge in [-0.2, -0.15) is 0 Å². The Morgan fingerprint density at radius 1 is 1.07 bits per heavy atom. The van der Waals surface area contributed by atoms with E-state index >= 15 is 0 Å². The van der Waals surface area contributed by atoms with Crippen LogP contribution in [0.1, 0.15) is 55.3 Å². The molecule has 0 radical (unpaired) electrons. The molecule has 2 aliphatic heterocycles. The Hall–Kier alpha value is -1.96. The van der Waals surface area contributed by atoms with Gasteiger partial charge in [-0.05, 0) is 43.9 Å². The molecule has 4 rings (SSSR count). The maximum Gasteiger partial charge on any atom is 0.253 e. The standard InChI is InChI=1S/C23H33N3O4/c27-21(18-6-4-7-19(16-18)25-22(28)20-8-5-13-30-20)24-17-23(9-2-1-3-10-23)26-11-14-29-15-12-26/h4,6-7,16,20H,1-3,5,8-15,17H2,(H,24,27)(H,25,28). The van der Waals surface area contributed by atoms with Gasteiger partial charge in [-0.1, -0.05) is 25.3 Å². The van der Waals surface area contributed by atoms with Gasteiger partial charge in [-0.25, -0.2) is 0 Å². The Kier molecular flexibility index (Phi) is 7.02. The summed E-state index contributed by atoms with van der Waals surface area (Å²) in [5.74, 6) is -0.236. The van der Waals surface area contributed by atoms with Crippen LogP contribution in [0.4, 0.5) is 5.69 Å². The first-order valence-corrected chi connectivity index (χ1v) is 11.3. The van der Waals surface area contributed by atoms with Crippen LogP contribution in [0.25, 0.3) is 0 Å². The molecule has 3 fully saturated rings. The summed E-state index contributed by atoms with van der Waals surface area (Å²) >= 11 is 0. The summed E-state index contributed by atoms with van der Waals surface area (Å²) in [5.41, 5.74) is 1.22. The number of morpholine rings is 1. The summed E-state index contributed by atoms with van der Waals surface area (Å²) < 4.78 is 11.0. The zero-order valence-corrected chi connectivity index (χ0v) is 17.7. The molecule has 1 atom stereocenters. The highest BCUT2D eigenvalue weighted by atomic mass is 16.5. The number of hydrogen-bond acceptors (Lipinski definition) is 5. The van der Waals surface area contributed by atoms with Gasteiger partial charge in [0.1, 0.15) is 6.10 Å². The van der Waals surface area contributed by atoms with Gasteiger partial charge < -0.3 is 20.1 Å². The molecule has 2 heterocycles. The predicted octanol–water partition coefficient (Wildman–Crippen LogP) is 2.57. The van der Waals surface area contributed by atoms with Crippen LogP contribution in [0.5, 0.6) is 0 Å². The lowest BCUT2D eigenvalue weighted by Gasteiger charge is -2.48. The van der Waals surface area contributed by atoms with Crippen molar-refractivity contribution in [3.8, 4) is 0 Å². The van der Waals surface area contributed by atoms with E-state index in [0.717, 1.165) is 52.0 Å². The molecule has 2 N–H and O–H groups in total. The van der Waals surface area contributed by atoms with Crippen LogP contribution in [-0.4, -0.2) is 67.8 Å². The van der Waals surface area contributed by atoms with Crippen LogP contribution in [0, 0.1) is 0 Å². The number of rotatable bonds is 6. The van der Waals surface area contributed by atoms with E-state index in [4.69, 9.17) is 9.47 Å². The van der Waals surface area contributed by atoms with Crippen LogP contribution in [0.2, 0.25) is 0 Å². The fraction of sp³-hybridized carbons (Fsp3) is 0.652. The Balaban J connectivity index is 1.38. The van der Waals surface area contributed by atoms with Crippen molar-refractivity contribution in [2.75, 3.05) is 44.8 Å². The normalized spacial score (nSPS) is 24.3. The molecule has 1 unspecified atom stereocenters. The average Bonchev–Trinajstić information content (AvgIpc) is 3.34. The molecule has 0 aromatic heterocycles. The van der Waals surface area contributed by atoms with Crippen molar-refractivity contribution in [1.29, 1.82) is 0 Å². The van der Waals surface area contributed by atoms with Crippen LogP contribution < -0.4 is 10.6 Å². The smallest absolute Gasteiger partial charge is 0.253 e. The largest absolute Gasteiger partial charge is 0.379 e. The maximum absolute atomic E-state index is 12.9. The summed E-state index contributed by atoms with van der Waals surface area (Å²) in [6.45, 7) is 4.68. The number of carbonyl (C=O) groups excluding carboxylic acids is 2. The molecule has 30 heavy (non-hydrogen) atoms. The van der Waals surface area contributed by atoms with Gasteiger partial charge in [0.25, 0.3) is 11.8 Å². The number of anilines is 1. The predicted molar refractivity (Wildman–Crippen MR) is 115 cm³/mol. The molecular weight excluding hydrogens is 382 g/mol. The van der Waals surface area contributed by atoms with E-state index < -0.39 is 0 Å². The SMILES string of the molecule is O=C(NCC1(N2CCOCC2)CCCCC1)c1cccc(NC(=O)C2CCCO2)c1. The second-order valence-corrected chi connectivity index (χ2v) is 8.64. The van der Waals surface area contributed by atoms with Gasteiger partial charge in [-0.15, -0.1) is 0 Å². The molecule has 1 aromatic rings. The summed E-state index contributed by atoms with van der Waals surface area (Å²) in [4.78, 5) is 27.7. The summed E-state index contributed by atoms with van der Waals surface area (Å²) in [6, 6.07) is 7.14. The Morgan fingerprint density at radius 3 is 2.60 bits per heavy atom. The third-order valence-electron chi connectivity index (χ3n) is 6.66. The third-order valence-corrected chi connectivity index (χ3v) is 6.66. The lowest BCUT2D eigenvalue weighted by atomic mass is 9.79. The number of benzene rings is 1. The minimum atomic E-state index is -0.387. The van der Waals surface area contributed by atoms with E-state index in [-0.39, 0.29) is 23.5 Å². The number of carbonyl (C=O) groups is 2. The minimum Gasteiger partial charge on any atom is -0.379 e. The molecule has 0 bridgehead atoms. The molecule has 1 saturated carbocycles. The average molecular weight is 416 g/mol. The lowest BCUT2D eigenvalue weighted by molar-refractivity contribution is -0.124. The van der Waals surface area contributed by atoms with E-state index in [1.54, 1.807) is 24.3 Å². The van der Waals surface area contributed by atoms with E-state index in [1.807, 2.05) is 0 Å². The molecule has 2 saturated heterocycles. The highest BCUT2D eigenvalue weighted by Crippen LogP contribution is 2.34. The van der Waals surface area contributed by atoms with E-state index in [1.165, 1.54) is 19.3 Å². The highest BCUT2D eigenvalue weighted by molar-refractivity contribution is 5.98. The number of amides is 2. The van der Waals surface area contributed by atoms with Crippen molar-refractivity contribution in [1.82, 2.24) is 10.2 Å². The molecule has 3 aliphatic rings. The van der Waals surface area contributed by atoms with E-state index in [9.17, 15) is 9.59 Å². The van der Waals surface area contributed by atoms with Gasteiger partial charge in [-0.3, -0.25) is 14.5 Å². The molecule has 7 nitrogen and oxygen atoms in total. The Morgan fingerprint density at radius 2 is 1.87 bits per heavy atom. The number of nitrogens with one attached hydrogen (secondary N) is 2. The number of ether oxygens (including phenoxy) is 2. The molecule has 164 valence electrons. The lowest BCUT2D eigenvalue weighted by Crippen LogP contribution is -2.59. The molecule has 1 aliphatic carbocycles. The summed E-state index contributed by atoms with van der Waals surface area (Å²) in [6.07, 6.45) is 7.18. The molecular formula is C23H33N3O4. The zero-order valence-electron chi connectivity index (χ0n) is 17.7. The van der Waals surface area contributed by atoms with Gasteiger partial charge >= 0.3 is 0 Å². The first-order valence-electron chi connectivity index (χ1n) is 11.3. The van der Waals surface area contributed by atoms with E-state index in [0.29, 0.717) is 24.4 Å². The van der Waals surface area contributed by atoms with Crippen LogP contribution in [-0.2, 0) is 14.3 Å². The summed E-state index contributed by atoms with van der Waals surface area (Å²) in [5, 5.41) is 6.06. The Labute approximate surface area is 178 Å². The quantitative estimate of drug-likeness (QED) is 0.747. The van der Waals surface area contributed by atoms with Crippen molar-refractivity contribution in [2.45, 2.75) is 56.6 Å². The molecule has 7 heteroatoms. The second-order valence-electron chi connectivity index (χ2n) is 8.64. The van der Waals surface area contributed by atoms with Crippen molar-refractivity contribution >= 4 is 17.5 Å². The molecule has 1 aromatic carbocycles. The topological polar surface area (TPSA) is 79.9 Å². The first kappa shape index (κ1) is 21.3. The number of nitrogens with zero attached hydrogens (tertiary/aromatic N) is 1. The fourth-order valence-corrected chi connectivity index (χ4v) is 4.94. The van der Waals surface area contributed by atoms with Crippen molar-refractivity contribution in [3.63, 3.8) is 0 Å². The molecule has 0 spiro atoms.